The van der Waals surface area contributed by atoms with E-state index in [4.69, 9.17) is 4.74 Å². The number of benzene rings is 1. The van der Waals surface area contributed by atoms with Gasteiger partial charge >= 0.3 is 0 Å². The van der Waals surface area contributed by atoms with Crippen LogP contribution in [0.5, 0.6) is 0 Å². The van der Waals surface area contributed by atoms with E-state index in [-0.39, 0.29) is 0 Å². The Labute approximate surface area is 109 Å². The Bertz CT molecular complexity index is 360. The molecule has 0 bridgehead atoms. The summed E-state index contributed by atoms with van der Waals surface area (Å²) in [5.41, 5.74) is 0.117. The van der Waals surface area contributed by atoms with Crippen molar-refractivity contribution in [2.45, 2.75) is 31.4 Å². The molecular formula is C15H23NO2. The first kappa shape index (κ1) is 13.5. The summed E-state index contributed by atoms with van der Waals surface area (Å²) < 4.78 is 5.23. The Morgan fingerprint density at radius 2 is 2.06 bits per heavy atom. The van der Waals surface area contributed by atoms with Crippen molar-refractivity contribution < 1.29 is 9.84 Å². The SMILES string of the molecule is COCC(NCC(C)(O)c1ccccc1)C1CC1. The summed E-state index contributed by atoms with van der Waals surface area (Å²) >= 11 is 0. The van der Waals surface area contributed by atoms with E-state index in [9.17, 15) is 5.11 Å². The lowest BCUT2D eigenvalue weighted by Gasteiger charge is -2.27. The molecule has 2 rings (SSSR count). The summed E-state index contributed by atoms with van der Waals surface area (Å²) in [5.74, 6) is 0.719. The van der Waals surface area contributed by atoms with Gasteiger partial charge in [-0.2, -0.15) is 0 Å². The number of hydrogen-bond acceptors (Lipinski definition) is 3. The fraction of sp³-hybridized carbons (Fsp3) is 0.600. The molecule has 1 aromatic rings. The maximum absolute atomic E-state index is 10.5. The number of aliphatic hydroxyl groups is 1. The second kappa shape index (κ2) is 5.83. The van der Waals surface area contributed by atoms with Gasteiger partial charge in [-0.15, -0.1) is 0 Å². The molecule has 2 atom stereocenters. The predicted octanol–water partition coefficient (Wildman–Crippen LogP) is 1.91. The summed E-state index contributed by atoms with van der Waals surface area (Å²) in [5, 5.41) is 13.9. The standard InChI is InChI=1S/C15H23NO2/c1-15(17,13-6-4-3-5-7-13)11-16-14(10-18-2)12-8-9-12/h3-7,12,14,16-17H,8-11H2,1-2H3. The van der Waals surface area contributed by atoms with Gasteiger partial charge in [0.1, 0.15) is 0 Å². The monoisotopic (exact) mass is 249 g/mol. The zero-order valence-corrected chi connectivity index (χ0v) is 11.2. The van der Waals surface area contributed by atoms with Gasteiger partial charge in [-0.25, -0.2) is 0 Å². The summed E-state index contributed by atoms with van der Waals surface area (Å²) in [6.45, 7) is 3.13. The van der Waals surface area contributed by atoms with Gasteiger partial charge in [0.25, 0.3) is 0 Å². The van der Waals surface area contributed by atoms with Crippen LogP contribution in [0, 0.1) is 5.92 Å². The molecule has 0 amide bonds. The lowest BCUT2D eigenvalue weighted by molar-refractivity contribution is 0.0472. The summed E-state index contributed by atoms with van der Waals surface area (Å²) in [6, 6.07) is 10.2. The van der Waals surface area contributed by atoms with Gasteiger partial charge in [0, 0.05) is 19.7 Å². The fourth-order valence-electron chi connectivity index (χ4n) is 2.27. The van der Waals surface area contributed by atoms with Crippen molar-refractivity contribution in [2.24, 2.45) is 5.92 Å². The van der Waals surface area contributed by atoms with Crippen LogP contribution >= 0.6 is 0 Å². The average molecular weight is 249 g/mol. The predicted molar refractivity (Wildman–Crippen MR) is 72.4 cm³/mol. The highest BCUT2D eigenvalue weighted by molar-refractivity contribution is 5.21. The van der Waals surface area contributed by atoms with Crippen molar-refractivity contribution in [3.63, 3.8) is 0 Å². The van der Waals surface area contributed by atoms with Crippen molar-refractivity contribution >= 4 is 0 Å². The van der Waals surface area contributed by atoms with Gasteiger partial charge in [-0.05, 0) is 31.2 Å². The molecule has 0 heterocycles. The maximum Gasteiger partial charge on any atom is 0.0992 e. The van der Waals surface area contributed by atoms with Crippen LogP contribution in [0.25, 0.3) is 0 Å². The molecule has 1 fully saturated rings. The number of methoxy groups -OCH3 is 1. The van der Waals surface area contributed by atoms with Gasteiger partial charge < -0.3 is 15.2 Å². The largest absolute Gasteiger partial charge is 0.384 e. The minimum Gasteiger partial charge on any atom is -0.384 e. The molecule has 1 aliphatic rings. The van der Waals surface area contributed by atoms with Gasteiger partial charge in [0.2, 0.25) is 0 Å². The number of rotatable bonds is 7. The molecule has 0 aliphatic heterocycles. The van der Waals surface area contributed by atoms with Crippen molar-refractivity contribution in [2.75, 3.05) is 20.3 Å². The Hall–Kier alpha value is -0.900. The van der Waals surface area contributed by atoms with E-state index in [1.807, 2.05) is 37.3 Å². The minimum atomic E-state index is -0.831. The molecule has 1 aromatic carbocycles. The Morgan fingerprint density at radius 3 is 2.61 bits per heavy atom. The highest BCUT2D eigenvalue weighted by Crippen LogP contribution is 2.33. The number of hydrogen-bond donors (Lipinski definition) is 2. The van der Waals surface area contributed by atoms with Crippen LogP contribution < -0.4 is 5.32 Å². The van der Waals surface area contributed by atoms with E-state index in [0.717, 1.165) is 18.1 Å². The lowest BCUT2D eigenvalue weighted by Crippen LogP contribution is -2.43. The van der Waals surface area contributed by atoms with E-state index >= 15 is 0 Å². The number of ether oxygens (including phenoxy) is 1. The molecular weight excluding hydrogens is 226 g/mol. The molecule has 3 heteroatoms. The topological polar surface area (TPSA) is 41.5 Å². The molecule has 0 saturated heterocycles. The van der Waals surface area contributed by atoms with Crippen LogP contribution in [-0.2, 0) is 10.3 Å². The Morgan fingerprint density at radius 1 is 1.39 bits per heavy atom. The average Bonchev–Trinajstić information content (AvgIpc) is 3.20. The molecule has 2 unspecified atom stereocenters. The van der Waals surface area contributed by atoms with Crippen molar-refractivity contribution in [1.29, 1.82) is 0 Å². The fourth-order valence-corrected chi connectivity index (χ4v) is 2.27. The highest BCUT2D eigenvalue weighted by Gasteiger charge is 2.33. The molecule has 100 valence electrons. The first-order valence-corrected chi connectivity index (χ1v) is 6.64. The van der Waals surface area contributed by atoms with Crippen molar-refractivity contribution in [1.82, 2.24) is 5.32 Å². The van der Waals surface area contributed by atoms with Crippen LogP contribution in [0.4, 0.5) is 0 Å². The summed E-state index contributed by atoms with van der Waals surface area (Å²) in [4.78, 5) is 0. The first-order valence-electron chi connectivity index (χ1n) is 6.64. The Kier molecular flexibility index (Phi) is 4.38. The smallest absolute Gasteiger partial charge is 0.0992 e. The maximum atomic E-state index is 10.5. The third-order valence-electron chi connectivity index (χ3n) is 3.64. The van der Waals surface area contributed by atoms with E-state index in [1.165, 1.54) is 12.8 Å². The van der Waals surface area contributed by atoms with Crippen LogP contribution in [-0.4, -0.2) is 31.4 Å². The molecule has 1 aliphatic carbocycles. The molecule has 18 heavy (non-hydrogen) atoms. The van der Waals surface area contributed by atoms with Gasteiger partial charge in [0.15, 0.2) is 0 Å². The van der Waals surface area contributed by atoms with E-state index in [0.29, 0.717) is 12.6 Å². The quantitative estimate of drug-likeness (QED) is 0.775. The van der Waals surface area contributed by atoms with Crippen molar-refractivity contribution in [3.8, 4) is 0 Å². The highest BCUT2D eigenvalue weighted by atomic mass is 16.5. The summed E-state index contributed by atoms with van der Waals surface area (Å²) in [6.07, 6.45) is 2.54. The van der Waals surface area contributed by atoms with Crippen LogP contribution in [0.1, 0.15) is 25.3 Å². The first-order chi connectivity index (χ1) is 8.63. The molecule has 1 saturated carbocycles. The van der Waals surface area contributed by atoms with E-state index in [2.05, 4.69) is 5.32 Å². The van der Waals surface area contributed by atoms with Crippen LogP contribution in [0.3, 0.4) is 0 Å². The van der Waals surface area contributed by atoms with E-state index in [1.54, 1.807) is 7.11 Å². The number of nitrogens with one attached hydrogen (secondary N) is 1. The van der Waals surface area contributed by atoms with Crippen LogP contribution in [0.2, 0.25) is 0 Å². The van der Waals surface area contributed by atoms with Gasteiger partial charge in [-0.3, -0.25) is 0 Å². The molecule has 0 aromatic heterocycles. The summed E-state index contributed by atoms with van der Waals surface area (Å²) in [7, 11) is 1.73. The molecule has 0 radical (unpaired) electrons. The van der Waals surface area contributed by atoms with Crippen LogP contribution in [0.15, 0.2) is 30.3 Å². The van der Waals surface area contributed by atoms with Gasteiger partial charge in [-0.1, -0.05) is 30.3 Å². The van der Waals surface area contributed by atoms with E-state index < -0.39 is 5.60 Å². The third-order valence-corrected chi connectivity index (χ3v) is 3.64. The zero-order chi connectivity index (χ0) is 13.0. The second-order valence-electron chi connectivity index (χ2n) is 5.42. The van der Waals surface area contributed by atoms with Gasteiger partial charge in [0.05, 0.1) is 12.2 Å². The zero-order valence-electron chi connectivity index (χ0n) is 11.2. The minimum absolute atomic E-state index is 0.366. The lowest BCUT2D eigenvalue weighted by atomic mass is 9.95. The molecule has 3 nitrogen and oxygen atoms in total. The molecule has 2 N–H and O–H groups in total. The second-order valence-corrected chi connectivity index (χ2v) is 5.42. The third kappa shape index (κ3) is 3.55. The normalized spacial score (nSPS) is 20.4. The van der Waals surface area contributed by atoms with Crippen molar-refractivity contribution in [3.05, 3.63) is 35.9 Å². The molecule has 0 spiro atoms. The Balaban J connectivity index is 1.91.